The third-order valence-electron chi connectivity index (χ3n) is 3.36. The minimum atomic E-state index is -0.698. The zero-order valence-electron chi connectivity index (χ0n) is 12.0. The van der Waals surface area contributed by atoms with Crippen LogP contribution in [0.3, 0.4) is 0 Å². The second-order valence-electron chi connectivity index (χ2n) is 5.23. The van der Waals surface area contributed by atoms with Crippen molar-refractivity contribution in [2.24, 2.45) is 0 Å². The fourth-order valence-electron chi connectivity index (χ4n) is 2.25. The number of nitrogens with zero attached hydrogens (tertiary/aromatic N) is 1. The van der Waals surface area contributed by atoms with Gasteiger partial charge in [-0.25, -0.2) is 8.78 Å². The molecule has 2 aromatic carbocycles. The van der Waals surface area contributed by atoms with Gasteiger partial charge in [0.25, 0.3) is 0 Å². The van der Waals surface area contributed by atoms with Crippen molar-refractivity contribution < 1.29 is 13.9 Å². The minimum Gasteiger partial charge on any atom is -0.388 e. The van der Waals surface area contributed by atoms with Gasteiger partial charge in [-0.1, -0.05) is 24.3 Å². The number of hydrogen-bond acceptors (Lipinski definition) is 2. The van der Waals surface area contributed by atoms with Crippen LogP contribution in [0.2, 0.25) is 0 Å². The molecular formula is C17H19F2NO. The van der Waals surface area contributed by atoms with Crippen LogP contribution in [0.15, 0.2) is 48.5 Å². The lowest BCUT2D eigenvalue weighted by Gasteiger charge is -2.19. The van der Waals surface area contributed by atoms with Crippen LogP contribution in [-0.4, -0.2) is 23.6 Å². The summed E-state index contributed by atoms with van der Waals surface area (Å²) in [7, 11) is 1.91. The molecular weight excluding hydrogens is 272 g/mol. The molecule has 0 aliphatic heterocycles. The molecule has 0 saturated heterocycles. The molecule has 1 unspecified atom stereocenters. The predicted molar refractivity (Wildman–Crippen MR) is 78.7 cm³/mol. The van der Waals surface area contributed by atoms with E-state index in [0.717, 1.165) is 5.56 Å². The molecule has 1 atom stereocenters. The standard InChI is InChI=1S/C17H19F2NO/c1-20(12-13-4-2-6-15(18)10-13)9-8-17(21)14-5-3-7-16(19)11-14/h2-7,10-11,17,21H,8-9,12H2,1H3. The van der Waals surface area contributed by atoms with Gasteiger partial charge in [0.15, 0.2) is 0 Å². The van der Waals surface area contributed by atoms with Crippen LogP contribution in [0, 0.1) is 11.6 Å². The number of rotatable bonds is 6. The van der Waals surface area contributed by atoms with Gasteiger partial charge < -0.3 is 10.0 Å². The Bertz CT molecular complexity index is 589. The Morgan fingerprint density at radius 1 is 1.05 bits per heavy atom. The van der Waals surface area contributed by atoms with E-state index in [2.05, 4.69) is 0 Å². The minimum absolute atomic E-state index is 0.249. The lowest BCUT2D eigenvalue weighted by atomic mass is 10.1. The van der Waals surface area contributed by atoms with E-state index in [1.54, 1.807) is 18.2 Å². The van der Waals surface area contributed by atoms with Gasteiger partial charge in [0.2, 0.25) is 0 Å². The van der Waals surface area contributed by atoms with E-state index in [4.69, 9.17) is 0 Å². The van der Waals surface area contributed by atoms with E-state index in [1.807, 2.05) is 18.0 Å². The zero-order chi connectivity index (χ0) is 15.2. The average Bonchev–Trinajstić information content (AvgIpc) is 2.45. The molecule has 4 heteroatoms. The number of aliphatic hydroxyl groups is 1. The number of benzene rings is 2. The largest absolute Gasteiger partial charge is 0.388 e. The average molecular weight is 291 g/mol. The Balaban J connectivity index is 1.85. The van der Waals surface area contributed by atoms with Crippen LogP contribution in [0.25, 0.3) is 0 Å². The third kappa shape index (κ3) is 4.92. The van der Waals surface area contributed by atoms with Gasteiger partial charge in [-0.3, -0.25) is 0 Å². The Labute approximate surface area is 123 Å². The van der Waals surface area contributed by atoms with Crippen molar-refractivity contribution in [1.29, 1.82) is 0 Å². The maximum atomic E-state index is 13.1. The highest BCUT2D eigenvalue weighted by molar-refractivity contribution is 5.19. The van der Waals surface area contributed by atoms with Crippen LogP contribution in [0.4, 0.5) is 8.78 Å². The molecule has 0 amide bonds. The Morgan fingerprint density at radius 3 is 2.38 bits per heavy atom. The molecule has 21 heavy (non-hydrogen) atoms. The van der Waals surface area contributed by atoms with Crippen LogP contribution < -0.4 is 0 Å². The highest BCUT2D eigenvalue weighted by Crippen LogP contribution is 2.18. The first kappa shape index (κ1) is 15.6. The second-order valence-corrected chi connectivity index (χ2v) is 5.23. The van der Waals surface area contributed by atoms with E-state index in [-0.39, 0.29) is 11.6 Å². The SMILES string of the molecule is CN(CCC(O)c1cccc(F)c1)Cc1cccc(F)c1. The summed E-state index contributed by atoms with van der Waals surface area (Å²) in [6.07, 6.45) is -0.203. The topological polar surface area (TPSA) is 23.5 Å². The first-order valence-electron chi connectivity index (χ1n) is 6.91. The Kier molecular flexibility index (Phi) is 5.42. The van der Waals surface area contributed by atoms with E-state index in [0.29, 0.717) is 25.1 Å². The third-order valence-corrected chi connectivity index (χ3v) is 3.36. The molecule has 112 valence electrons. The fourth-order valence-corrected chi connectivity index (χ4v) is 2.25. The maximum absolute atomic E-state index is 13.1. The highest BCUT2D eigenvalue weighted by Gasteiger charge is 2.10. The van der Waals surface area contributed by atoms with Gasteiger partial charge in [-0.2, -0.15) is 0 Å². The first-order chi connectivity index (χ1) is 10.0. The summed E-state index contributed by atoms with van der Waals surface area (Å²) in [5.74, 6) is -0.597. The first-order valence-corrected chi connectivity index (χ1v) is 6.91. The van der Waals surface area contributed by atoms with Crippen LogP contribution in [0.5, 0.6) is 0 Å². The molecule has 0 bridgehead atoms. The lowest BCUT2D eigenvalue weighted by molar-refractivity contribution is 0.147. The van der Waals surface area contributed by atoms with E-state index >= 15 is 0 Å². The van der Waals surface area contributed by atoms with Crippen LogP contribution >= 0.6 is 0 Å². The molecule has 0 saturated carbocycles. The predicted octanol–water partition coefficient (Wildman–Crippen LogP) is 3.52. The summed E-state index contributed by atoms with van der Waals surface area (Å²) >= 11 is 0. The Hall–Kier alpha value is -1.78. The van der Waals surface area contributed by atoms with Crippen molar-refractivity contribution >= 4 is 0 Å². The fraction of sp³-hybridized carbons (Fsp3) is 0.294. The molecule has 0 heterocycles. The summed E-state index contributed by atoms with van der Waals surface area (Å²) in [5, 5.41) is 10.1. The van der Waals surface area contributed by atoms with Gasteiger partial charge in [-0.15, -0.1) is 0 Å². The van der Waals surface area contributed by atoms with Crippen LogP contribution in [-0.2, 0) is 6.54 Å². The number of hydrogen-bond donors (Lipinski definition) is 1. The van der Waals surface area contributed by atoms with Crippen LogP contribution in [0.1, 0.15) is 23.7 Å². The summed E-state index contributed by atoms with van der Waals surface area (Å²) in [6.45, 7) is 1.24. The molecule has 0 aliphatic carbocycles. The van der Waals surface area contributed by atoms with Crippen molar-refractivity contribution in [3.8, 4) is 0 Å². The summed E-state index contributed by atoms with van der Waals surface area (Å²) in [4.78, 5) is 2.00. The molecule has 2 aromatic rings. The molecule has 0 aromatic heterocycles. The number of halogens is 2. The van der Waals surface area contributed by atoms with Gasteiger partial charge >= 0.3 is 0 Å². The van der Waals surface area contributed by atoms with Gasteiger partial charge in [-0.05, 0) is 48.9 Å². The molecule has 1 N–H and O–H groups in total. The van der Waals surface area contributed by atoms with Crippen molar-refractivity contribution in [2.75, 3.05) is 13.6 Å². The molecule has 0 aliphatic rings. The molecule has 0 fully saturated rings. The second kappa shape index (κ2) is 7.29. The van der Waals surface area contributed by atoms with Crippen molar-refractivity contribution in [2.45, 2.75) is 19.1 Å². The smallest absolute Gasteiger partial charge is 0.123 e. The van der Waals surface area contributed by atoms with E-state index in [1.165, 1.54) is 24.3 Å². The molecule has 2 rings (SSSR count). The van der Waals surface area contributed by atoms with Crippen molar-refractivity contribution in [3.05, 3.63) is 71.3 Å². The monoisotopic (exact) mass is 291 g/mol. The summed E-state index contributed by atoms with van der Waals surface area (Å²) in [6, 6.07) is 12.5. The van der Waals surface area contributed by atoms with Gasteiger partial charge in [0, 0.05) is 13.1 Å². The zero-order valence-corrected chi connectivity index (χ0v) is 12.0. The summed E-state index contributed by atoms with van der Waals surface area (Å²) in [5.41, 5.74) is 1.46. The highest BCUT2D eigenvalue weighted by atomic mass is 19.1. The maximum Gasteiger partial charge on any atom is 0.123 e. The van der Waals surface area contributed by atoms with Crippen molar-refractivity contribution in [3.63, 3.8) is 0 Å². The Morgan fingerprint density at radius 2 is 1.71 bits per heavy atom. The summed E-state index contributed by atoms with van der Waals surface area (Å²) < 4.78 is 26.2. The van der Waals surface area contributed by atoms with Gasteiger partial charge in [0.05, 0.1) is 6.10 Å². The van der Waals surface area contributed by atoms with Gasteiger partial charge in [0.1, 0.15) is 11.6 Å². The molecule has 0 spiro atoms. The van der Waals surface area contributed by atoms with Crippen molar-refractivity contribution in [1.82, 2.24) is 4.90 Å². The lowest BCUT2D eigenvalue weighted by Crippen LogP contribution is -2.21. The van der Waals surface area contributed by atoms with E-state index < -0.39 is 6.10 Å². The molecule has 0 radical (unpaired) electrons. The van der Waals surface area contributed by atoms with E-state index in [9.17, 15) is 13.9 Å². The molecule has 2 nitrogen and oxygen atoms in total. The quantitative estimate of drug-likeness (QED) is 0.880. The number of aliphatic hydroxyl groups excluding tert-OH is 1. The normalized spacial score (nSPS) is 12.6.